The molecule has 0 aromatic heterocycles. The highest BCUT2D eigenvalue weighted by Crippen LogP contribution is 2.23. The molecule has 0 aliphatic heterocycles. The number of benzene rings is 2. The zero-order valence-electron chi connectivity index (χ0n) is 15.8. The number of nitrogens with zero attached hydrogens (tertiary/aromatic N) is 2. The summed E-state index contributed by atoms with van der Waals surface area (Å²) in [4.78, 5) is 11.0. The number of aliphatic hydroxyl groups is 1. The molecule has 0 fully saturated rings. The highest BCUT2D eigenvalue weighted by Gasteiger charge is 2.06. The molecule has 0 saturated carbocycles. The third-order valence-electron chi connectivity index (χ3n) is 3.49. The molecule has 144 valence electrons. The summed E-state index contributed by atoms with van der Waals surface area (Å²) in [5.41, 5.74) is 2.03. The number of rotatable bonds is 9. The molecule has 2 aromatic carbocycles. The number of carbonyl (C=O) groups is 1. The van der Waals surface area contributed by atoms with Crippen LogP contribution >= 0.6 is 0 Å². The molecule has 1 atom stereocenters. The van der Waals surface area contributed by atoms with E-state index < -0.39 is 6.10 Å². The fourth-order valence-electron chi connectivity index (χ4n) is 2.19. The van der Waals surface area contributed by atoms with E-state index in [-0.39, 0.29) is 12.5 Å². The quantitative estimate of drug-likeness (QED) is 0.585. The lowest BCUT2D eigenvalue weighted by Gasteiger charge is -2.15. The van der Waals surface area contributed by atoms with Crippen molar-refractivity contribution >= 4 is 23.0 Å². The third-order valence-corrected chi connectivity index (χ3v) is 3.49. The zero-order valence-corrected chi connectivity index (χ0v) is 15.8. The van der Waals surface area contributed by atoms with E-state index in [2.05, 4.69) is 20.9 Å². The number of hydrogen-bond acceptors (Lipinski definition) is 6. The van der Waals surface area contributed by atoms with Crippen molar-refractivity contribution in [2.75, 3.05) is 18.5 Å². The van der Waals surface area contributed by atoms with Crippen molar-refractivity contribution in [2.24, 2.45) is 10.2 Å². The van der Waals surface area contributed by atoms with Gasteiger partial charge in [0.15, 0.2) is 0 Å². The van der Waals surface area contributed by atoms with Gasteiger partial charge in [0.25, 0.3) is 0 Å². The van der Waals surface area contributed by atoms with Gasteiger partial charge in [-0.05, 0) is 36.4 Å². The van der Waals surface area contributed by atoms with E-state index in [4.69, 9.17) is 4.74 Å². The maximum atomic E-state index is 11.0. The average Bonchev–Trinajstić information content (AvgIpc) is 2.64. The first kappa shape index (κ1) is 20.5. The maximum absolute atomic E-state index is 11.0. The van der Waals surface area contributed by atoms with Gasteiger partial charge in [0.05, 0.1) is 11.4 Å². The lowest BCUT2D eigenvalue weighted by molar-refractivity contribution is -0.114. The van der Waals surface area contributed by atoms with Gasteiger partial charge < -0.3 is 20.5 Å². The van der Waals surface area contributed by atoms with Crippen molar-refractivity contribution in [3.05, 3.63) is 48.5 Å². The number of nitrogens with one attached hydrogen (secondary N) is 2. The van der Waals surface area contributed by atoms with E-state index >= 15 is 0 Å². The Kier molecular flexibility index (Phi) is 7.91. The Morgan fingerprint density at radius 1 is 1.11 bits per heavy atom. The summed E-state index contributed by atoms with van der Waals surface area (Å²) in [6, 6.07) is 14.6. The molecule has 7 nitrogen and oxygen atoms in total. The smallest absolute Gasteiger partial charge is 0.221 e. The Bertz CT molecular complexity index is 760. The van der Waals surface area contributed by atoms with E-state index in [0.717, 1.165) is 0 Å². The molecule has 0 aliphatic carbocycles. The highest BCUT2D eigenvalue weighted by molar-refractivity contribution is 5.88. The minimum absolute atomic E-state index is 0.119. The van der Waals surface area contributed by atoms with Crippen molar-refractivity contribution < 1.29 is 14.6 Å². The molecular weight excluding hydrogens is 344 g/mol. The molecule has 1 amide bonds. The van der Waals surface area contributed by atoms with Crippen LogP contribution in [-0.4, -0.2) is 36.3 Å². The Morgan fingerprint density at radius 3 is 2.48 bits per heavy atom. The van der Waals surface area contributed by atoms with Crippen LogP contribution in [0.1, 0.15) is 20.8 Å². The number of hydrogen-bond donors (Lipinski definition) is 3. The predicted molar refractivity (Wildman–Crippen MR) is 106 cm³/mol. The van der Waals surface area contributed by atoms with Gasteiger partial charge in [-0.15, -0.1) is 0 Å². The summed E-state index contributed by atoms with van der Waals surface area (Å²) in [6.45, 7) is 6.18. The Hall–Kier alpha value is -2.77. The molecule has 0 saturated heterocycles. The minimum Gasteiger partial charge on any atom is -0.491 e. The molecule has 0 heterocycles. The second-order valence-corrected chi connectivity index (χ2v) is 6.45. The van der Waals surface area contributed by atoms with Crippen molar-refractivity contribution in [1.82, 2.24) is 5.32 Å². The zero-order chi connectivity index (χ0) is 19.6. The summed E-state index contributed by atoms with van der Waals surface area (Å²) in [5, 5.41) is 24.1. The van der Waals surface area contributed by atoms with Crippen LogP contribution in [0.25, 0.3) is 0 Å². The van der Waals surface area contributed by atoms with Crippen LogP contribution in [-0.2, 0) is 4.79 Å². The van der Waals surface area contributed by atoms with Crippen molar-refractivity contribution in [1.29, 1.82) is 0 Å². The molecule has 2 rings (SSSR count). The van der Waals surface area contributed by atoms with E-state index in [0.29, 0.717) is 35.4 Å². The van der Waals surface area contributed by atoms with E-state index in [1.54, 1.807) is 30.3 Å². The summed E-state index contributed by atoms with van der Waals surface area (Å²) in [6.07, 6.45) is -0.584. The van der Waals surface area contributed by atoms with Crippen molar-refractivity contribution in [3.8, 4) is 5.75 Å². The van der Waals surface area contributed by atoms with Gasteiger partial charge >= 0.3 is 0 Å². The molecule has 27 heavy (non-hydrogen) atoms. The van der Waals surface area contributed by atoms with Gasteiger partial charge in [0.1, 0.15) is 18.5 Å². The van der Waals surface area contributed by atoms with Gasteiger partial charge in [-0.3, -0.25) is 4.79 Å². The lowest BCUT2D eigenvalue weighted by Crippen LogP contribution is -2.35. The first-order valence-electron chi connectivity index (χ1n) is 8.86. The van der Waals surface area contributed by atoms with E-state index in [1.165, 1.54) is 6.92 Å². The van der Waals surface area contributed by atoms with Gasteiger partial charge in [-0.1, -0.05) is 19.9 Å². The topological polar surface area (TPSA) is 95.3 Å². The first-order valence-corrected chi connectivity index (χ1v) is 8.86. The number of amides is 1. The second kappa shape index (κ2) is 10.4. The van der Waals surface area contributed by atoms with Crippen LogP contribution in [0.4, 0.5) is 17.1 Å². The molecule has 7 heteroatoms. The maximum Gasteiger partial charge on any atom is 0.221 e. The van der Waals surface area contributed by atoms with Crippen LogP contribution in [0, 0.1) is 0 Å². The molecule has 0 aliphatic rings. The molecule has 0 unspecified atom stereocenters. The Morgan fingerprint density at radius 2 is 1.81 bits per heavy atom. The summed E-state index contributed by atoms with van der Waals surface area (Å²) < 4.78 is 5.61. The number of ether oxygens (including phenoxy) is 1. The monoisotopic (exact) mass is 370 g/mol. The number of aliphatic hydroxyl groups excluding tert-OH is 1. The second-order valence-electron chi connectivity index (χ2n) is 6.45. The highest BCUT2D eigenvalue weighted by atomic mass is 16.5. The molecule has 0 bridgehead atoms. The van der Waals surface area contributed by atoms with Crippen molar-refractivity contribution in [3.63, 3.8) is 0 Å². The summed E-state index contributed by atoms with van der Waals surface area (Å²) >= 11 is 0. The number of azo groups is 1. The van der Waals surface area contributed by atoms with Crippen LogP contribution in [0.2, 0.25) is 0 Å². The van der Waals surface area contributed by atoms with Gasteiger partial charge in [-0.2, -0.15) is 10.2 Å². The van der Waals surface area contributed by atoms with Crippen LogP contribution in [0.3, 0.4) is 0 Å². The molecule has 0 spiro atoms. The molecule has 2 aromatic rings. The van der Waals surface area contributed by atoms with Crippen LogP contribution in [0.15, 0.2) is 58.8 Å². The molecular formula is C20H26N4O3. The first-order chi connectivity index (χ1) is 12.9. The summed E-state index contributed by atoms with van der Waals surface area (Å²) in [5.74, 6) is 0.502. The van der Waals surface area contributed by atoms with Crippen LogP contribution < -0.4 is 15.4 Å². The fourth-order valence-corrected chi connectivity index (χ4v) is 2.19. The molecule has 3 N–H and O–H groups in total. The number of anilines is 1. The SMILES string of the molecule is CC(=O)Nc1ccc(N=Nc2cccc(OC[C@@H](O)CNC(C)C)c2)cc1. The lowest BCUT2D eigenvalue weighted by atomic mass is 10.3. The van der Waals surface area contributed by atoms with Gasteiger partial charge in [-0.25, -0.2) is 0 Å². The fraction of sp³-hybridized carbons (Fsp3) is 0.350. The summed E-state index contributed by atoms with van der Waals surface area (Å²) in [7, 11) is 0. The standard InChI is InChI=1S/C20H26N4O3/c1-14(2)21-12-19(26)13-27-20-6-4-5-18(11-20)24-23-17-9-7-16(8-10-17)22-15(3)25/h4-11,14,19,21,26H,12-13H2,1-3H3,(H,22,25)/t19-/m0/s1. The van der Waals surface area contributed by atoms with Crippen molar-refractivity contribution in [2.45, 2.75) is 32.9 Å². The Labute approximate surface area is 159 Å². The van der Waals surface area contributed by atoms with Gasteiger partial charge in [0, 0.05) is 31.3 Å². The molecule has 0 radical (unpaired) electrons. The predicted octanol–water partition coefficient (Wildman–Crippen LogP) is 3.80. The minimum atomic E-state index is -0.584. The van der Waals surface area contributed by atoms with E-state index in [9.17, 15) is 9.90 Å². The number of carbonyl (C=O) groups excluding carboxylic acids is 1. The van der Waals surface area contributed by atoms with E-state index in [1.807, 2.05) is 32.0 Å². The largest absolute Gasteiger partial charge is 0.491 e. The normalized spacial score (nSPS) is 12.3. The third kappa shape index (κ3) is 7.98. The Balaban J connectivity index is 1.90. The van der Waals surface area contributed by atoms with Gasteiger partial charge in [0.2, 0.25) is 5.91 Å². The van der Waals surface area contributed by atoms with Crippen LogP contribution in [0.5, 0.6) is 5.75 Å². The average molecular weight is 370 g/mol.